The molecule has 0 saturated carbocycles. The predicted octanol–water partition coefficient (Wildman–Crippen LogP) is 3.56. The second-order valence-electron chi connectivity index (χ2n) is 10.1. The molecule has 11 nitrogen and oxygen atoms in total. The lowest BCUT2D eigenvalue weighted by Crippen LogP contribution is -2.39. The van der Waals surface area contributed by atoms with Gasteiger partial charge in [-0.1, -0.05) is 53.8 Å². The van der Waals surface area contributed by atoms with Crippen molar-refractivity contribution < 1.29 is 38.1 Å². The van der Waals surface area contributed by atoms with Gasteiger partial charge < -0.3 is 23.7 Å². The van der Waals surface area contributed by atoms with Crippen LogP contribution in [0.15, 0.2) is 87.8 Å². The maximum absolute atomic E-state index is 14.1. The standard InChI is InChI=1S/C33H26N2O9S/c1-18-29(32(39)40-16-21-7-5-4-6-8-21)30(23-10-12-24-26(15-23)42-17-41-24)35-31(38)28(45-33(35)34-18)14-22-9-11-25(43-19(2)36)27(13-22)44-20(3)37/h4-15,30H,16-17H2,1-3H3/b28-14-. The molecule has 1 unspecified atom stereocenters. The third-order valence-corrected chi connectivity index (χ3v) is 7.92. The highest BCUT2D eigenvalue weighted by Crippen LogP contribution is 2.38. The lowest BCUT2D eigenvalue weighted by Gasteiger charge is -2.25. The van der Waals surface area contributed by atoms with Crippen LogP contribution in [0.25, 0.3) is 6.08 Å². The Kier molecular flexibility index (Phi) is 8.05. The lowest BCUT2D eigenvalue weighted by molar-refractivity contribution is -0.141. The first-order chi connectivity index (χ1) is 21.7. The smallest absolute Gasteiger partial charge is 0.338 e. The van der Waals surface area contributed by atoms with Gasteiger partial charge in [0.25, 0.3) is 5.56 Å². The number of carbonyl (C=O) groups is 3. The maximum Gasteiger partial charge on any atom is 0.338 e. The molecule has 3 heterocycles. The Hall–Kier alpha value is -5.49. The number of carbonyl (C=O) groups excluding carboxylic acids is 3. The highest BCUT2D eigenvalue weighted by molar-refractivity contribution is 7.07. The molecule has 0 fully saturated rings. The lowest BCUT2D eigenvalue weighted by atomic mass is 9.95. The van der Waals surface area contributed by atoms with Crippen molar-refractivity contribution in [3.05, 3.63) is 114 Å². The number of thiazole rings is 1. The molecule has 1 aromatic heterocycles. The molecule has 6 rings (SSSR count). The van der Waals surface area contributed by atoms with E-state index in [2.05, 4.69) is 4.99 Å². The summed E-state index contributed by atoms with van der Waals surface area (Å²) in [5.41, 5.74) is 2.15. The van der Waals surface area contributed by atoms with E-state index in [1.807, 2.05) is 30.3 Å². The van der Waals surface area contributed by atoms with Crippen molar-refractivity contribution in [2.75, 3.05) is 6.79 Å². The first-order valence-electron chi connectivity index (χ1n) is 13.8. The van der Waals surface area contributed by atoms with E-state index in [-0.39, 0.29) is 30.5 Å². The molecular formula is C33H26N2O9S. The fraction of sp³-hybridized carbons (Fsp3) is 0.182. The number of aromatic nitrogens is 1. The molecule has 0 amide bonds. The summed E-state index contributed by atoms with van der Waals surface area (Å²) in [5.74, 6) is -0.658. The molecule has 45 heavy (non-hydrogen) atoms. The molecule has 0 bridgehead atoms. The minimum Gasteiger partial charge on any atom is -0.457 e. The van der Waals surface area contributed by atoms with Crippen LogP contribution in [0.1, 0.15) is 43.5 Å². The number of allylic oxidation sites excluding steroid dienone is 1. The van der Waals surface area contributed by atoms with E-state index in [4.69, 9.17) is 23.7 Å². The first-order valence-corrected chi connectivity index (χ1v) is 14.6. The van der Waals surface area contributed by atoms with Crippen LogP contribution < -0.4 is 33.8 Å². The SMILES string of the molecule is CC(=O)Oc1ccc(/C=c2\sc3n(c2=O)C(c2ccc4c(c2)OCO4)C(C(=O)OCc2ccccc2)=C(C)N=3)cc1OC(C)=O. The second-order valence-corrected chi connectivity index (χ2v) is 11.2. The van der Waals surface area contributed by atoms with Crippen molar-refractivity contribution in [1.82, 2.24) is 4.57 Å². The van der Waals surface area contributed by atoms with Gasteiger partial charge in [-0.05, 0) is 54.0 Å². The van der Waals surface area contributed by atoms with Crippen LogP contribution in [0.2, 0.25) is 0 Å². The van der Waals surface area contributed by atoms with Crippen molar-refractivity contribution in [3.63, 3.8) is 0 Å². The van der Waals surface area contributed by atoms with E-state index in [9.17, 15) is 19.2 Å². The normalized spacial score (nSPS) is 15.3. The zero-order chi connectivity index (χ0) is 31.7. The highest BCUT2D eigenvalue weighted by Gasteiger charge is 2.34. The van der Waals surface area contributed by atoms with E-state index in [1.165, 1.54) is 30.5 Å². The van der Waals surface area contributed by atoms with Crippen LogP contribution in [-0.4, -0.2) is 29.3 Å². The predicted molar refractivity (Wildman–Crippen MR) is 162 cm³/mol. The number of hydrogen-bond donors (Lipinski definition) is 0. The van der Waals surface area contributed by atoms with Crippen LogP contribution in [-0.2, 0) is 25.7 Å². The topological polar surface area (TPSA) is 132 Å². The van der Waals surface area contributed by atoms with Gasteiger partial charge in [0.1, 0.15) is 6.61 Å². The first kappa shape index (κ1) is 29.6. The average molecular weight is 627 g/mol. The summed E-state index contributed by atoms with van der Waals surface area (Å²) in [5, 5.41) is 0. The molecule has 3 aromatic carbocycles. The van der Waals surface area contributed by atoms with E-state index >= 15 is 0 Å². The molecule has 228 valence electrons. The summed E-state index contributed by atoms with van der Waals surface area (Å²) in [6, 6.07) is 18.3. The van der Waals surface area contributed by atoms with Crippen LogP contribution in [0.5, 0.6) is 23.0 Å². The molecule has 0 spiro atoms. The summed E-state index contributed by atoms with van der Waals surface area (Å²) in [6.45, 7) is 4.27. The highest BCUT2D eigenvalue weighted by atomic mass is 32.1. The van der Waals surface area contributed by atoms with E-state index in [1.54, 1.807) is 37.3 Å². The van der Waals surface area contributed by atoms with Crippen LogP contribution >= 0.6 is 11.3 Å². The van der Waals surface area contributed by atoms with Gasteiger partial charge in [0.05, 0.1) is 21.8 Å². The molecule has 0 N–H and O–H groups in total. The Bertz CT molecular complexity index is 2060. The van der Waals surface area contributed by atoms with Crippen molar-refractivity contribution in [1.29, 1.82) is 0 Å². The summed E-state index contributed by atoms with van der Waals surface area (Å²) >= 11 is 1.14. The molecule has 4 aromatic rings. The number of esters is 3. The maximum atomic E-state index is 14.1. The molecular weight excluding hydrogens is 600 g/mol. The fourth-order valence-corrected chi connectivity index (χ4v) is 6.07. The van der Waals surface area contributed by atoms with Crippen molar-refractivity contribution >= 4 is 35.3 Å². The van der Waals surface area contributed by atoms with Gasteiger partial charge >= 0.3 is 17.9 Å². The van der Waals surface area contributed by atoms with Crippen molar-refractivity contribution in [2.45, 2.75) is 33.4 Å². The van der Waals surface area contributed by atoms with Crippen molar-refractivity contribution in [2.24, 2.45) is 4.99 Å². The Balaban J connectivity index is 1.45. The number of benzene rings is 3. The van der Waals surface area contributed by atoms with Gasteiger partial charge in [-0.25, -0.2) is 9.79 Å². The molecule has 1 atom stereocenters. The van der Waals surface area contributed by atoms with Gasteiger partial charge in [-0.2, -0.15) is 0 Å². The van der Waals surface area contributed by atoms with Gasteiger partial charge in [-0.15, -0.1) is 0 Å². The van der Waals surface area contributed by atoms with Gasteiger partial charge in [0, 0.05) is 13.8 Å². The van der Waals surface area contributed by atoms with Gasteiger partial charge in [0.15, 0.2) is 27.8 Å². The number of nitrogens with zero attached hydrogens (tertiary/aromatic N) is 2. The third-order valence-electron chi connectivity index (χ3n) is 6.94. The van der Waals surface area contributed by atoms with Crippen molar-refractivity contribution in [3.8, 4) is 23.0 Å². The van der Waals surface area contributed by atoms with E-state index in [0.29, 0.717) is 37.7 Å². The minimum absolute atomic E-state index is 0.0248. The molecule has 2 aliphatic rings. The zero-order valence-electron chi connectivity index (χ0n) is 24.4. The minimum atomic E-state index is -0.871. The molecule has 0 aliphatic carbocycles. The number of rotatable bonds is 7. The summed E-state index contributed by atoms with van der Waals surface area (Å²) in [4.78, 5) is 56.0. The largest absolute Gasteiger partial charge is 0.457 e. The van der Waals surface area contributed by atoms with E-state index < -0.39 is 29.5 Å². The van der Waals surface area contributed by atoms with Gasteiger partial charge in [0.2, 0.25) is 6.79 Å². The molecule has 12 heteroatoms. The Morgan fingerprint density at radius 2 is 1.69 bits per heavy atom. The zero-order valence-corrected chi connectivity index (χ0v) is 25.2. The Morgan fingerprint density at radius 1 is 0.956 bits per heavy atom. The monoisotopic (exact) mass is 626 g/mol. The van der Waals surface area contributed by atoms with E-state index in [0.717, 1.165) is 16.9 Å². The average Bonchev–Trinajstić information content (AvgIpc) is 3.60. The number of fused-ring (bicyclic) bond motifs is 2. The Morgan fingerprint density at radius 3 is 2.44 bits per heavy atom. The fourth-order valence-electron chi connectivity index (χ4n) is 5.02. The second kappa shape index (κ2) is 12.2. The molecule has 2 aliphatic heterocycles. The molecule has 0 radical (unpaired) electrons. The number of hydrogen-bond acceptors (Lipinski definition) is 11. The summed E-state index contributed by atoms with van der Waals surface area (Å²) in [7, 11) is 0. The quantitative estimate of drug-likeness (QED) is 0.223. The van der Waals surface area contributed by atoms with Crippen LogP contribution in [0, 0.1) is 0 Å². The summed E-state index contributed by atoms with van der Waals surface area (Å²) < 4.78 is 28.9. The molecule has 0 saturated heterocycles. The van der Waals surface area contributed by atoms with Gasteiger partial charge in [-0.3, -0.25) is 19.0 Å². The Labute approximate surface area is 260 Å². The third kappa shape index (κ3) is 6.13. The van der Waals surface area contributed by atoms with Crippen LogP contribution in [0.3, 0.4) is 0 Å². The summed E-state index contributed by atoms with van der Waals surface area (Å²) in [6.07, 6.45) is 1.61. The number of ether oxygens (including phenoxy) is 5. The van der Waals surface area contributed by atoms with Crippen LogP contribution in [0.4, 0.5) is 0 Å².